The Balaban J connectivity index is 1.61. The average molecular weight is 326 g/mol. The zero-order valence-electron chi connectivity index (χ0n) is 12.7. The predicted octanol–water partition coefficient (Wildman–Crippen LogP) is 2.36. The van der Waals surface area contributed by atoms with Gasteiger partial charge in [-0.05, 0) is 29.7 Å². The maximum atomic E-state index is 13.4. The first-order chi connectivity index (χ1) is 11.6. The fourth-order valence-electron chi connectivity index (χ4n) is 2.27. The molecule has 1 amide bonds. The molecule has 0 bridgehead atoms. The van der Waals surface area contributed by atoms with Crippen molar-refractivity contribution in [3.8, 4) is 5.75 Å². The fourth-order valence-corrected chi connectivity index (χ4v) is 2.27. The van der Waals surface area contributed by atoms with E-state index in [9.17, 15) is 14.0 Å². The predicted molar refractivity (Wildman–Crippen MR) is 88.3 cm³/mol. The molecule has 0 saturated carbocycles. The number of fused-ring (bicyclic) bond motifs is 1. The van der Waals surface area contributed by atoms with Gasteiger partial charge in [0.05, 0.1) is 0 Å². The largest absolute Gasteiger partial charge is 0.481 e. The molecule has 1 heterocycles. The van der Waals surface area contributed by atoms with E-state index in [0.29, 0.717) is 5.56 Å². The molecule has 0 aliphatic rings. The van der Waals surface area contributed by atoms with Gasteiger partial charge in [0, 0.05) is 17.6 Å². The number of hydrogen-bond donors (Lipinski definition) is 2. The zero-order chi connectivity index (χ0) is 16.9. The summed E-state index contributed by atoms with van der Waals surface area (Å²) >= 11 is 0. The number of hydrogen-bond acceptors (Lipinski definition) is 3. The van der Waals surface area contributed by atoms with E-state index in [1.807, 2.05) is 18.2 Å². The van der Waals surface area contributed by atoms with Crippen molar-refractivity contribution < 1.29 is 13.9 Å². The Kier molecular flexibility index (Phi) is 4.56. The van der Waals surface area contributed by atoms with Gasteiger partial charge in [0.15, 0.2) is 18.2 Å². The van der Waals surface area contributed by atoms with Crippen LogP contribution in [0.15, 0.2) is 59.4 Å². The smallest absolute Gasteiger partial charge is 0.258 e. The van der Waals surface area contributed by atoms with Crippen LogP contribution in [-0.4, -0.2) is 17.5 Å². The van der Waals surface area contributed by atoms with E-state index < -0.39 is 11.7 Å². The molecule has 122 valence electrons. The Bertz CT molecular complexity index is 937. The van der Waals surface area contributed by atoms with Gasteiger partial charge in [-0.15, -0.1) is 0 Å². The van der Waals surface area contributed by atoms with Crippen molar-refractivity contribution >= 4 is 16.8 Å². The summed E-state index contributed by atoms with van der Waals surface area (Å²) in [5.41, 5.74) is 0.914. The van der Waals surface area contributed by atoms with Gasteiger partial charge in [-0.25, -0.2) is 4.39 Å². The number of pyridine rings is 1. The highest BCUT2D eigenvalue weighted by Crippen LogP contribution is 2.15. The van der Waals surface area contributed by atoms with Gasteiger partial charge in [0.1, 0.15) is 0 Å². The number of H-pyrrole nitrogens is 1. The van der Waals surface area contributed by atoms with Gasteiger partial charge in [-0.2, -0.15) is 0 Å². The lowest BCUT2D eigenvalue weighted by molar-refractivity contribution is -0.123. The van der Waals surface area contributed by atoms with Crippen LogP contribution in [0, 0.1) is 5.82 Å². The molecule has 0 atom stereocenters. The number of benzene rings is 2. The van der Waals surface area contributed by atoms with Gasteiger partial charge in [0.25, 0.3) is 11.5 Å². The molecule has 5 nitrogen and oxygen atoms in total. The van der Waals surface area contributed by atoms with Crippen LogP contribution in [-0.2, 0) is 11.3 Å². The number of para-hydroxylation sites is 2. The minimum atomic E-state index is -0.531. The maximum Gasteiger partial charge on any atom is 0.258 e. The number of rotatable bonds is 5. The fraction of sp³-hybridized carbons (Fsp3) is 0.111. The Labute approximate surface area is 137 Å². The minimum absolute atomic E-state index is 0.0104. The number of carbonyl (C=O) groups excluding carboxylic acids is 1. The second-order valence-electron chi connectivity index (χ2n) is 5.21. The lowest BCUT2D eigenvalue weighted by Crippen LogP contribution is -2.30. The Morgan fingerprint density at radius 1 is 1.12 bits per heavy atom. The maximum absolute atomic E-state index is 13.4. The molecule has 0 saturated heterocycles. The van der Waals surface area contributed by atoms with E-state index in [-0.39, 0.29) is 24.5 Å². The van der Waals surface area contributed by atoms with Gasteiger partial charge >= 0.3 is 0 Å². The van der Waals surface area contributed by atoms with Crippen molar-refractivity contribution in [1.29, 1.82) is 0 Å². The number of aromatic amines is 1. The molecular formula is C18H15FN2O3. The molecule has 2 N–H and O–H groups in total. The molecular weight excluding hydrogens is 311 g/mol. The summed E-state index contributed by atoms with van der Waals surface area (Å²) in [7, 11) is 0. The summed E-state index contributed by atoms with van der Waals surface area (Å²) < 4.78 is 18.5. The number of ether oxygens (including phenoxy) is 1. The summed E-state index contributed by atoms with van der Waals surface area (Å²) in [6.45, 7) is -0.258. The average Bonchev–Trinajstić information content (AvgIpc) is 2.59. The number of nitrogens with one attached hydrogen (secondary N) is 2. The quantitative estimate of drug-likeness (QED) is 0.756. The summed E-state index contributed by atoms with van der Waals surface area (Å²) in [6.07, 6.45) is 0. The van der Waals surface area contributed by atoms with Crippen molar-refractivity contribution in [3.05, 3.63) is 76.3 Å². The molecule has 0 fully saturated rings. The first kappa shape index (κ1) is 15.7. The third-order valence-electron chi connectivity index (χ3n) is 3.50. The number of halogens is 1. The highest BCUT2D eigenvalue weighted by Gasteiger charge is 2.08. The lowest BCUT2D eigenvalue weighted by atomic mass is 10.1. The Morgan fingerprint density at radius 3 is 2.71 bits per heavy atom. The highest BCUT2D eigenvalue weighted by atomic mass is 19.1. The monoisotopic (exact) mass is 326 g/mol. The normalized spacial score (nSPS) is 10.5. The van der Waals surface area contributed by atoms with E-state index in [4.69, 9.17) is 4.74 Å². The van der Waals surface area contributed by atoms with E-state index in [2.05, 4.69) is 10.3 Å². The van der Waals surface area contributed by atoms with E-state index >= 15 is 0 Å². The highest BCUT2D eigenvalue weighted by molar-refractivity contribution is 5.79. The van der Waals surface area contributed by atoms with Crippen LogP contribution in [0.4, 0.5) is 4.39 Å². The van der Waals surface area contributed by atoms with Crippen LogP contribution in [0.5, 0.6) is 5.75 Å². The van der Waals surface area contributed by atoms with Crippen molar-refractivity contribution in [2.75, 3.05) is 6.61 Å². The van der Waals surface area contributed by atoms with Crippen LogP contribution in [0.2, 0.25) is 0 Å². The molecule has 0 aliphatic heterocycles. The molecule has 1 aromatic heterocycles. The zero-order valence-corrected chi connectivity index (χ0v) is 12.7. The summed E-state index contributed by atoms with van der Waals surface area (Å²) in [6, 6.07) is 15.0. The SMILES string of the molecule is O=C(COc1ccccc1F)NCc1cc2ccccc2[nH]c1=O. The van der Waals surface area contributed by atoms with Crippen molar-refractivity contribution in [1.82, 2.24) is 10.3 Å². The Morgan fingerprint density at radius 2 is 1.88 bits per heavy atom. The third-order valence-corrected chi connectivity index (χ3v) is 3.50. The second kappa shape index (κ2) is 6.95. The van der Waals surface area contributed by atoms with E-state index in [0.717, 1.165) is 10.9 Å². The minimum Gasteiger partial charge on any atom is -0.481 e. The van der Waals surface area contributed by atoms with Crippen LogP contribution >= 0.6 is 0 Å². The lowest BCUT2D eigenvalue weighted by Gasteiger charge is -2.08. The number of carbonyl (C=O) groups is 1. The van der Waals surface area contributed by atoms with Crippen LogP contribution in [0.1, 0.15) is 5.56 Å². The van der Waals surface area contributed by atoms with Crippen molar-refractivity contribution in [2.45, 2.75) is 6.54 Å². The van der Waals surface area contributed by atoms with Gasteiger partial charge in [0.2, 0.25) is 0 Å². The molecule has 24 heavy (non-hydrogen) atoms. The molecule has 0 radical (unpaired) electrons. The molecule has 0 aliphatic carbocycles. The summed E-state index contributed by atoms with van der Waals surface area (Å²) in [4.78, 5) is 26.5. The van der Waals surface area contributed by atoms with Crippen LogP contribution in [0.3, 0.4) is 0 Å². The summed E-state index contributed by atoms with van der Waals surface area (Å²) in [5.74, 6) is -0.960. The van der Waals surface area contributed by atoms with E-state index in [1.165, 1.54) is 18.2 Å². The molecule has 6 heteroatoms. The Hall–Kier alpha value is -3.15. The van der Waals surface area contributed by atoms with Gasteiger partial charge in [-0.3, -0.25) is 9.59 Å². The first-order valence-corrected chi connectivity index (χ1v) is 7.38. The standard InChI is InChI=1S/C18H15FN2O3/c19-14-6-2-4-8-16(14)24-11-17(22)20-10-13-9-12-5-1-3-7-15(12)21-18(13)23/h1-9H,10-11H2,(H,20,22)(H,21,23). The van der Waals surface area contributed by atoms with Crippen LogP contribution < -0.4 is 15.6 Å². The van der Waals surface area contributed by atoms with Crippen molar-refractivity contribution in [2.24, 2.45) is 0 Å². The molecule has 0 unspecified atom stereocenters. The van der Waals surface area contributed by atoms with E-state index in [1.54, 1.807) is 18.2 Å². The number of amides is 1. The van der Waals surface area contributed by atoms with Crippen LogP contribution in [0.25, 0.3) is 10.9 Å². The number of aromatic nitrogens is 1. The molecule has 0 spiro atoms. The topological polar surface area (TPSA) is 71.2 Å². The second-order valence-corrected chi connectivity index (χ2v) is 5.21. The first-order valence-electron chi connectivity index (χ1n) is 7.38. The summed E-state index contributed by atoms with van der Waals surface area (Å²) in [5, 5.41) is 3.47. The third kappa shape index (κ3) is 3.60. The van der Waals surface area contributed by atoms with Gasteiger partial charge in [-0.1, -0.05) is 30.3 Å². The molecule has 3 rings (SSSR count). The van der Waals surface area contributed by atoms with Crippen molar-refractivity contribution in [3.63, 3.8) is 0 Å². The molecule has 2 aromatic carbocycles. The van der Waals surface area contributed by atoms with Gasteiger partial charge < -0.3 is 15.0 Å². The molecule has 3 aromatic rings.